The third kappa shape index (κ3) is 6.14. The van der Waals surface area contributed by atoms with Crippen molar-refractivity contribution in [1.82, 2.24) is 20.9 Å². The lowest BCUT2D eigenvalue weighted by Crippen LogP contribution is -2.47. The molecule has 0 aromatic carbocycles. The monoisotopic (exact) mass is 460 g/mol. The van der Waals surface area contributed by atoms with E-state index in [0.717, 1.165) is 57.3 Å². The summed E-state index contributed by atoms with van der Waals surface area (Å²) in [6, 6.07) is 6.21. The topological polar surface area (TPSA) is 122 Å². The van der Waals surface area contributed by atoms with Gasteiger partial charge >= 0.3 is 12.2 Å². The second-order valence-corrected chi connectivity index (χ2v) is 9.56. The largest absolute Gasteiger partial charge is 0.507 e. The highest BCUT2D eigenvalue weighted by molar-refractivity contribution is 5.70. The van der Waals surface area contributed by atoms with Crippen molar-refractivity contribution in [3.8, 4) is 0 Å². The van der Waals surface area contributed by atoms with Crippen molar-refractivity contribution in [3.05, 3.63) is 30.1 Å². The molecule has 1 aromatic heterocycles. The minimum absolute atomic E-state index is 0.0218. The average Bonchev–Trinajstić information content (AvgIpc) is 3.22. The van der Waals surface area contributed by atoms with Crippen molar-refractivity contribution in [2.24, 2.45) is 17.8 Å². The number of piperidine rings is 2. The van der Waals surface area contributed by atoms with Crippen LogP contribution in [-0.2, 0) is 9.47 Å². The van der Waals surface area contributed by atoms with Crippen molar-refractivity contribution >= 4 is 12.2 Å². The van der Waals surface area contributed by atoms with E-state index < -0.39 is 12.4 Å². The smallest absolute Gasteiger partial charge is 0.450 e. The molecule has 3 aliphatic rings. The lowest BCUT2D eigenvalue weighted by Gasteiger charge is -2.37. The van der Waals surface area contributed by atoms with Crippen LogP contribution in [0, 0.1) is 17.8 Å². The maximum Gasteiger partial charge on any atom is 0.507 e. The number of aromatic nitrogens is 1. The van der Waals surface area contributed by atoms with E-state index in [1.807, 2.05) is 18.3 Å². The summed E-state index contributed by atoms with van der Waals surface area (Å²) in [6.07, 6.45) is 6.29. The minimum Gasteiger partial charge on any atom is -0.450 e. The van der Waals surface area contributed by atoms with Crippen LogP contribution in [0.5, 0.6) is 0 Å². The maximum absolute atomic E-state index is 12.3. The fourth-order valence-corrected chi connectivity index (χ4v) is 5.71. The van der Waals surface area contributed by atoms with Gasteiger partial charge in [-0.1, -0.05) is 13.0 Å². The standard InChI is InChI=1S/C24H36N4O5/c1-2-16(8-6-15-7-9-20(27-14-15)32-24(30)31)22-21(28-23(29)33-22)17-10-12-26-19(13-17)18-5-3-4-11-25-18/h3-5,11,15-17,19-22,26-27H,2,6-10,12-14H2,1H3,(H,28,29)(H,30,31). The Morgan fingerprint density at radius 3 is 2.88 bits per heavy atom. The highest BCUT2D eigenvalue weighted by Crippen LogP contribution is 2.36. The molecule has 0 saturated carbocycles. The zero-order valence-electron chi connectivity index (χ0n) is 19.2. The van der Waals surface area contributed by atoms with Crippen LogP contribution < -0.4 is 16.0 Å². The van der Waals surface area contributed by atoms with Crippen molar-refractivity contribution in [2.45, 2.75) is 76.3 Å². The number of hydrogen-bond acceptors (Lipinski definition) is 7. The molecule has 0 spiro atoms. The Labute approximate surface area is 195 Å². The molecule has 9 heteroatoms. The van der Waals surface area contributed by atoms with E-state index in [1.165, 1.54) is 0 Å². The quantitative estimate of drug-likeness (QED) is 0.435. The number of carbonyl (C=O) groups is 2. The molecule has 7 unspecified atom stereocenters. The summed E-state index contributed by atoms with van der Waals surface area (Å²) in [5.41, 5.74) is 1.05. The molecule has 0 aliphatic carbocycles. The molecule has 1 amide bonds. The third-order valence-corrected chi connectivity index (χ3v) is 7.53. The molecular formula is C24H36N4O5. The molecule has 3 aliphatic heterocycles. The van der Waals surface area contributed by atoms with Crippen LogP contribution >= 0.6 is 0 Å². The molecule has 33 heavy (non-hydrogen) atoms. The predicted molar refractivity (Wildman–Crippen MR) is 122 cm³/mol. The third-order valence-electron chi connectivity index (χ3n) is 7.53. The Morgan fingerprint density at radius 2 is 2.18 bits per heavy atom. The summed E-state index contributed by atoms with van der Waals surface area (Å²) < 4.78 is 10.7. The number of cyclic esters (lactones) is 1. The first-order chi connectivity index (χ1) is 16.0. The van der Waals surface area contributed by atoms with Gasteiger partial charge in [0.25, 0.3) is 0 Å². The molecule has 3 saturated heterocycles. The van der Waals surface area contributed by atoms with Crippen LogP contribution in [0.3, 0.4) is 0 Å². The Kier molecular flexibility index (Phi) is 8.03. The fourth-order valence-electron chi connectivity index (χ4n) is 5.71. The van der Waals surface area contributed by atoms with E-state index in [-0.39, 0.29) is 24.3 Å². The number of carboxylic acid groups (broad SMARTS) is 1. The van der Waals surface area contributed by atoms with Gasteiger partial charge in [0.2, 0.25) is 0 Å². The molecule has 9 nitrogen and oxygen atoms in total. The lowest BCUT2D eigenvalue weighted by molar-refractivity contribution is 0.0144. The number of nitrogens with zero attached hydrogens (tertiary/aromatic N) is 1. The predicted octanol–water partition coefficient (Wildman–Crippen LogP) is 3.43. The molecule has 4 heterocycles. The van der Waals surface area contributed by atoms with E-state index >= 15 is 0 Å². The van der Waals surface area contributed by atoms with Gasteiger partial charge in [0, 0.05) is 18.8 Å². The maximum atomic E-state index is 12.3. The minimum atomic E-state index is -1.23. The fraction of sp³-hybridized carbons (Fsp3) is 0.708. The van der Waals surface area contributed by atoms with Gasteiger partial charge in [-0.2, -0.15) is 0 Å². The second kappa shape index (κ2) is 11.2. The van der Waals surface area contributed by atoms with Crippen molar-refractivity contribution in [2.75, 3.05) is 13.1 Å². The zero-order valence-corrected chi connectivity index (χ0v) is 19.2. The Hall–Kier alpha value is -2.39. The van der Waals surface area contributed by atoms with Gasteiger partial charge in [-0.05, 0) is 81.4 Å². The SMILES string of the molecule is CCC(CCC1CCC(OC(=O)O)NC1)C1OC(=O)NC1C1CCNC(c2ccccn2)C1. The van der Waals surface area contributed by atoms with Crippen molar-refractivity contribution in [1.29, 1.82) is 0 Å². The zero-order chi connectivity index (χ0) is 23.2. The first-order valence-corrected chi connectivity index (χ1v) is 12.3. The van der Waals surface area contributed by atoms with E-state index in [9.17, 15) is 9.59 Å². The van der Waals surface area contributed by atoms with E-state index in [1.54, 1.807) is 0 Å². The molecule has 0 bridgehead atoms. The first kappa shape index (κ1) is 23.8. The van der Waals surface area contributed by atoms with Gasteiger partial charge in [0.15, 0.2) is 6.23 Å². The van der Waals surface area contributed by atoms with Crippen LogP contribution in [0.2, 0.25) is 0 Å². The normalized spacial score (nSPS) is 33.1. The molecule has 3 fully saturated rings. The van der Waals surface area contributed by atoms with Gasteiger partial charge in [-0.3, -0.25) is 10.3 Å². The van der Waals surface area contributed by atoms with E-state index in [4.69, 9.17) is 14.6 Å². The second-order valence-electron chi connectivity index (χ2n) is 9.56. The number of pyridine rings is 1. The van der Waals surface area contributed by atoms with Gasteiger partial charge in [-0.25, -0.2) is 9.59 Å². The number of alkyl carbamates (subject to hydrolysis) is 1. The van der Waals surface area contributed by atoms with Crippen LogP contribution in [0.4, 0.5) is 9.59 Å². The van der Waals surface area contributed by atoms with Crippen molar-refractivity contribution in [3.63, 3.8) is 0 Å². The molecule has 4 rings (SSSR count). The number of nitrogens with one attached hydrogen (secondary N) is 3. The van der Waals surface area contributed by atoms with E-state index in [0.29, 0.717) is 24.2 Å². The van der Waals surface area contributed by atoms with Crippen LogP contribution in [0.25, 0.3) is 0 Å². The highest BCUT2D eigenvalue weighted by atomic mass is 16.7. The molecule has 4 N–H and O–H groups in total. The summed E-state index contributed by atoms with van der Waals surface area (Å²) in [5, 5.41) is 18.7. The summed E-state index contributed by atoms with van der Waals surface area (Å²) >= 11 is 0. The van der Waals surface area contributed by atoms with Crippen LogP contribution in [0.15, 0.2) is 24.4 Å². The average molecular weight is 461 g/mol. The number of hydrogen-bond donors (Lipinski definition) is 4. The summed E-state index contributed by atoms with van der Waals surface area (Å²) in [5.74, 6) is 1.11. The number of rotatable bonds is 8. The molecule has 7 atom stereocenters. The van der Waals surface area contributed by atoms with Gasteiger partial charge in [0.05, 0.1) is 11.7 Å². The summed E-state index contributed by atoms with van der Waals surface area (Å²) in [6.45, 7) is 3.82. The number of carbonyl (C=O) groups excluding carboxylic acids is 1. The van der Waals surface area contributed by atoms with E-state index in [2.05, 4.69) is 33.9 Å². The Morgan fingerprint density at radius 1 is 1.30 bits per heavy atom. The van der Waals surface area contributed by atoms with Gasteiger partial charge < -0.3 is 25.2 Å². The first-order valence-electron chi connectivity index (χ1n) is 12.3. The van der Waals surface area contributed by atoms with Crippen molar-refractivity contribution < 1.29 is 24.2 Å². The van der Waals surface area contributed by atoms with Gasteiger partial charge in [-0.15, -0.1) is 0 Å². The Balaban J connectivity index is 1.33. The highest BCUT2D eigenvalue weighted by Gasteiger charge is 2.44. The molecule has 182 valence electrons. The molecule has 0 radical (unpaired) electrons. The number of ether oxygens (including phenoxy) is 2. The molecular weight excluding hydrogens is 424 g/mol. The van der Waals surface area contributed by atoms with Gasteiger partial charge in [0.1, 0.15) is 6.10 Å². The molecule has 1 aromatic rings. The summed E-state index contributed by atoms with van der Waals surface area (Å²) in [4.78, 5) is 27.5. The summed E-state index contributed by atoms with van der Waals surface area (Å²) in [7, 11) is 0. The lowest BCUT2D eigenvalue weighted by atomic mass is 9.77. The number of amides is 1. The van der Waals surface area contributed by atoms with Crippen LogP contribution in [0.1, 0.15) is 63.6 Å². The Bertz CT molecular complexity index is 786. The van der Waals surface area contributed by atoms with Crippen LogP contribution in [-0.4, -0.2) is 53.8 Å².